The summed E-state index contributed by atoms with van der Waals surface area (Å²) < 4.78 is 10.6. The molecule has 27 heavy (non-hydrogen) atoms. The van der Waals surface area contributed by atoms with E-state index in [1.54, 1.807) is 37.4 Å². The zero-order valence-electron chi connectivity index (χ0n) is 15.6. The second kappa shape index (κ2) is 9.83. The van der Waals surface area contributed by atoms with Crippen molar-refractivity contribution < 1.29 is 19.1 Å². The van der Waals surface area contributed by atoms with Crippen molar-refractivity contribution in [1.82, 2.24) is 5.32 Å². The lowest BCUT2D eigenvalue weighted by atomic mass is 10.2. The summed E-state index contributed by atoms with van der Waals surface area (Å²) in [5.41, 5.74) is 1.51. The van der Waals surface area contributed by atoms with Gasteiger partial charge in [-0.1, -0.05) is 23.7 Å². The van der Waals surface area contributed by atoms with Gasteiger partial charge in [0.25, 0.3) is 0 Å². The van der Waals surface area contributed by atoms with Gasteiger partial charge >= 0.3 is 0 Å². The van der Waals surface area contributed by atoms with E-state index in [4.69, 9.17) is 21.1 Å². The largest absolute Gasteiger partial charge is 0.497 e. The fourth-order valence-corrected chi connectivity index (χ4v) is 2.69. The molecule has 1 N–H and O–H groups in total. The highest BCUT2D eigenvalue weighted by atomic mass is 35.5. The van der Waals surface area contributed by atoms with Crippen LogP contribution in [0, 0.1) is 0 Å². The van der Waals surface area contributed by atoms with Gasteiger partial charge < -0.3 is 19.7 Å². The van der Waals surface area contributed by atoms with Gasteiger partial charge in [0.05, 0.1) is 19.9 Å². The van der Waals surface area contributed by atoms with Crippen molar-refractivity contribution in [3.8, 4) is 11.5 Å². The first-order valence-corrected chi connectivity index (χ1v) is 8.83. The Bertz CT molecular complexity index is 793. The second-order valence-electron chi connectivity index (χ2n) is 5.86. The summed E-state index contributed by atoms with van der Waals surface area (Å²) in [7, 11) is 3.08. The van der Waals surface area contributed by atoms with E-state index in [2.05, 4.69) is 5.32 Å². The minimum Gasteiger partial charge on any atom is -0.497 e. The Labute approximate surface area is 164 Å². The topological polar surface area (TPSA) is 67.9 Å². The van der Waals surface area contributed by atoms with Crippen LogP contribution < -0.4 is 19.7 Å². The van der Waals surface area contributed by atoms with Crippen molar-refractivity contribution in [1.29, 1.82) is 0 Å². The van der Waals surface area contributed by atoms with Crippen molar-refractivity contribution in [2.75, 3.05) is 25.7 Å². The Morgan fingerprint density at radius 1 is 1.07 bits per heavy atom. The summed E-state index contributed by atoms with van der Waals surface area (Å²) in [6.07, 6.45) is 0.160. The van der Waals surface area contributed by atoms with Gasteiger partial charge in [0.15, 0.2) is 0 Å². The number of hydrogen-bond donors (Lipinski definition) is 1. The highest BCUT2D eigenvalue weighted by Gasteiger charge is 2.18. The fourth-order valence-electron chi connectivity index (χ4n) is 2.56. The number of methoxy groups -OCH3 is 2. The van der Waals surface area contributed by atoms with Crippen LogP contribution in [0.4, 0.5) is 5.69 Å². The monoisotopic (exact) mass is 390 g/mol. The lowest BCUT2D eigenvalue weighted by Gasteiger charge is -2.23. The third-order valence-electron chi connectivity index (χ3n) is 4.02. The molecule has 144 valence electrons. The minimum atomic E-state index is -0.188. The quantitative estimate of drug-likeness (QED) is 0.750. The Morgan fingerprint density at radius 3 is 2.37 bits per heavy atom. The van der Waals surface area contributed by atoms with E-state index in [1.165, 1.54) is 18.9 Å². The molecule has 7 heteroatoms. The van der Waals surface area contributed by atoms with Gasteiger partial charge in [0.1, 0.15) is 11.5 Å². The molecule has 0 bridgehead atoms. The third kappa shape index (κ3) is 5.89. The number of benzene rings is 2. The van der Waals surface area contributed by atoms with Crippen LogP contribution in [-0.2, 0) is 16.1 Å². The van der Waals surface area contributed by atoms with Crippen LogP contribution in [0.3, 0.4) is 0 Å². The maximum atomic E-state index is 12.2. The van der Waals surface area contributed by atoms with Gasteiger partial charge in [-0.25, -0.2) is 0 Å². The smallest absolute Gasteiger partial charge is 0.223 e. The number of ether oxygens (including phenoxy) is 2. The van der Waals surface area contributed by atoms with Crippen molar-refractivity contribution in [2.24, 2.45) is 0 Å². The molecule has 0 radical (unpaired) electrons. The average Bonchev–Trinajstić information content (AvgIpc) is 2.67. The van der Waals surface area contributed by atoms with Crippen LogP contribution in [0.25, 0.3) is 0 Å². The van der Waals surface area contributed by atoms with Gasteiger partial charge in [0, 0.05) is 37.5 Å². The van der Waals surface area contributed by atoms with Crippen molar-refractivity contribution >= 4 is 29.1 Å². The number of anilines is 1. The van der Waals surface area contributed by atoms with Crippen LogP contribution in [0.2, 0.25) is 5.02 Å². The van der Waals surface area contributed by atoms with E-state index in [0.717, 1.165) is 5.56 Å². The first kappa shape index (κ1) is 20.6. The highest BCUT2D eigenvalue weighted by molar-refractivity contribution is 6.30. The first-order valence-electron chi connectivity index (χ1n) is 8.46. The van der Waals surface area contributed by atoms with E-state index in [-0.39, 0.29) is 24.8 Å². The number of amides is 2. The number of carbonyl (C=O) groups excluding carboxylic acids is 2. The van der Waals surface area contributed by atoms with Crippen LogP contribution in [0.5, 0.6) is 11.5 Å². The molecule has 0 aliphatic rings. The molecule has 0 atom stereocenters. The van der Waals surface area contributed by atoms with Crippen LogP contribution >= 0.6 is 11.6 Å². The Morgan fingerprint density at radius 2 is 1.78 bits per heavy atom. The maximum Gasteiger partial charge on any atom is 0.223 e. The third-order valence-corrected chi connectivity index (χ3v) is 4.27. The van der Waals surface area contributed by atoms with Gasteiger partial charge in [0.2, 0.25) is 11.8 Å². The molecule has 0 saturated heterocycles. The summed E-state index contributed by atoms with van der Waals surface area (Å²) in [6, 6.07) is 12.4. The summed E-state index contributed by atoms with van der Waals surface area (Å²) in [4.78, 5) is 25.8. The summed E-state index contributed by atoms with van der Waals surface area (Å²) in [5, 5.41) is 3.49. The van der Waals surface area contributed by atoms with E-state index in [9.17, 15) is 9.59 Å². The number of nitrogens with zero attached hydrogens (tertiary/aromatic N) is 1. The highest BCUT2D eigenvalue weighted by Crippen LogP contribution is 2.32. The number of rotatable bonds is 8. The Balaban J connectivity index is 2.01. The van der Waals surface area contributed by atoms with Crippen molar-refractivity contribution in [3.63, 3.8) is 0 Å². The SMILES string of the molecule is COc1ccc(OC)c(N(CCC(=O)NCc2ccc(Cl)cc2)C(C)=O)c1. The lowest BCUT2D eigenvalue weighted by molar-refractivity contribution is -0.121. The summed E-state index contributed by atoms with van der Waals surface area (Å²) in [6.45, 7) is 2.08. The predicted octanol–water partition coefficient (Wildman–Crippen LogP) is 3.42. The van der Waals surface area contributed by atoms with E-state index >= 15 is 0 Å². The van der Waals surface area contributed by atoms with Crippen LogP contribution in [-0.4, -0.2) is 32.6 Å². The lowest BCUT2D eigenvalue weighted by Crippen LogP contribution is -2.34. The first-order chi connectivity index (χ1) is 12.9. The van der Waals surface area contributed by atoms with E-state index < -0.39 is 0 Å². The molecule has 2 aromatic rings. The van der Waals surface area contributed by atoms with Crippen molar-refractivity contribution in [2.45, 2.75) is 19.9 Å². The molecule has 0 aliphatic carbocycles. The maximum absolute atomic E-state index is 12.2. The van der Waals surface area contributed by atoms with Crippen LogP contribution in [0.15, 0.2) is 42.5 Å². The van der Waals surface area contributed by atoms with E-state index in [1.807, 2.05) is 12.1 Å². The van der Waals surface area contributed by atoms with Crippen molar-refractivity contribution in [3.05, 3.63) is 53.1 Å². The number of halogens is 1. The van der Waals surface area contributed by atoms with Crippen LogP contribution in [0.1, 0.15) is 18.9 Å². The molecular formula is C20H23ClN2O4. The predicted molar refractivity (Wildman–Crippen MR) is 105 cm³/mol. The summed E-state index contributed by atoms with van der Waals surface area (Å²) in [5.74, 6) is 0.793. The molecule has 0 aromatic heterocycles. The number of hydrogen-bond acceptors (Lipinski definition) is 4. The average molecular weight is 391 g/mol. The fraction of sp³-hybridized carbons (Fsp3) is 0.300. The zero-order chi connectivity index (χ0) is 19.8. The molecule has 0 fully saturated rings. The molecule has 0 unspecified atom stereocenters. The second-order valence-corrected chi connectivity index (χ2v) is 6.30. The number of carbonyl (C=O) groups is 2. The Kier molecular flexibility index (Phi) is 7.49. The molecule has 2 rings (SSSR count). The molecular weight excluding hydrogens is 368 g/mol. The number of nitrogens with one attached hydrogen (secondary N) is 1. The Hall–Kier alpha value is -2.73. The molecule has 2 amide bonds. The standard InChI is InChI=1S/C20H23ClN2O4/c1-14(24)23(18-12-17(26-2)8-9-19(18)27-3)11-10-20(25)22-13-15-4-6-16(21)7-5-15/h4-9,12H,10-11,13H2,1-3H3,(H,22,25). The van der Waals surface area contributed by atoms with Gasteiger partial charge in [-0.15, -0.1) is 0 Å². The van der Waals surface area contributed by atoms with Gasteiger partial charge in [-0.05, 0) is 29.8 Å². The zero-order valence-corrected chi connectivity index (χ0v) is 16.4. The molecule has 0 spiro atoms. The summed E-state index contributed by atoms with van der Waals surface area (Å²) >= 11 is 5.85. The molecule has 0 aliphatic heterocycles. The molecule has 0 heterocycles. The molecule has 6 nitrogen and oxygen atoms in total. The molecule has 2 aromatic carbocycles. The molecule has 0 saturated carbocycles. The van der Waals surface area contributed by atoms with E-state index in [0.29, 0.717) is 28.8 Å². The van der Waals surface area contributed by atoms with Gasteiger partial charge in [-0.3, -0.25) is 9.59 Å². The van der Waals surface area contributed by atoms with Gasteiger partial charge in [-0.2, -0.15) is 0 Å². The minimum absolute atomic E-state index is 0.155. The normalized spacial score (nSPS) is 10.2.